The van der Waals surface area contributed by atoms with Gasteiger partial charge in [-0.1, -0.05) is 18.1 Å². The molecular weight excluding hydrogens is 258 g/mol. The molecule has 1 fully saturated rings. The van der Waals surface area contributed by atoms with Crippen molar-refractivity contribution in [3.8, 4) is 10.7 Å². The topological polar surface area (TPSA) is 42.2 Å². The van der Waals surface area contributed by atoms with Crippen molar-refractivity contribution in [2.75, 3.05) is 13.1 Å². The minimum atomic E-state index is 0.212. The highest BCUT2D eigenvalue weighted by molar-refractivity contribution is 7.13. The lowest BCUT2D eigenvalue weighted by molar-refractivity contribution is 0.117. The molecule has 0 N–H and O–H groups in total. The van der Waals surface area contributed by atoms with Gasteiger partial charge >= 0.3 is 0 Å². The van der Waals surface area contributed by atoms with E-state index in [1.165, 1.54) is 12.8 Å². The summed E-state index contributed by atoms with van der Waals surface area (Å²) in [5.41, 5.74) is 0. The van der Waals surface area contributed by atoms with Gasteiger partial charge in [0.1, 0.15) is 0 Å². The second-order valence-electron chi connectivity index (χ2n) is 5.35. The molecule has 0 bridgehead atoms. The van der Waals surface area contributed by atoms with Gasteiger partial charge < -0.3 is 4.52 Å². The third kappa shape index (κ3) is 2.72. The summed E-state index contributed by atoms with van der Waals surface area (Å²) in [6.07, 6.45) is 2.59. The predicted molar refractivity (Wildman–Crippen MR) is 76.0 cm³/mol. The molecule has 1 aliphatic rings. The van der Waals surface area contributed by atoms with Crippen molar-refractivity contribution >= 4 is 11.3 Å². The Hall–Kier alpha value is -1.20. The van der Waals surface area contributed by atoms with E-state index < -0.39 is 0 Å². The van der Waals surface area contributed by atoms with Crippen LogP contribution in [0.4, 0.5) is 0 Å². The second-order valence-corrected chi connectivity index (χ2v) is 6.30. The van der Waals surface area contributed by atoms with E-state index in [4.69, 9.17) is 4.52 Å². The number of aromatic nitrogens is 2. The van der Waals surface area contributed by atoms with Crippen LogP contribution in [-0.4, -0.2) is 28.1 Å². The van der Waals surface area contributed by atoms with Gasteiger partial charge in [0.15, 0.2) is 0 Å². The summed E-state index contributed by atoms with van der Waals surface area (Å²) in [6, 6.07) is 4.24. The summed E-state index contributed by atoms with van der Waals surface area (Å²) in [7, 11) is 0. The summed E-state index contributed by atoms with van der Waals surface area (Å²) in [4.78, 5) is 8.05. The van der Waals surface area contributed by atoms with E-state index in [0.29, 0.717) is 5.82 Å². The fourth-order valence-corrected chi connectivity index (χ4v) is 3.29. The van der Waals surface area contributed by atoms with E-state index in [0.717, 1.165) is 29.8 Å². The van der Waals surface area contributed by atoms with Gasteiger partial charge in [-0.2, -0.15) is 4.98 Å². The Labute approximate surface area is 117 Å². The first-order valence-electron chi connectivity index (χ1n) is 6.85. The molecule has 2 aromatic heterocycles. The summed E-state index contributed by atoms with van der Waals surface area (Å²) >= 11 is 1.64. The van der Waals surface area contributed by atoms with Crippen molar-refractivity contribution in [2.24, 2.45) is 5.92 Å². The zero-order valence-electron chi connectivity index (χ0n) is 11.4. The lowest BCUT2D eigenvalue weighted by Crippen LogP contribution is -2.36. The van der Waals surface area contributed by atoms with Crippen LogP contribution in [0.15, 0.2) is 22.0 Å². The van der Waals surface area contributed by atoms with E-state index in [1.54, 1.807) is 11.3 Å². The van der Waals surface area contributed by atoms with Gasteiger partial charge in [0, 0.05) is 6.54 Å². The molecule has 3 heterocycles. The van der Waals surface area contributed by atoms with Gasteiger partial charge in [-0.15, -0.1) is 11.3 Å². The molecule has 1 aliphatic heterocycles. The Bertz CT molecular complexity index is 523. The molecule has 0 radical (unpaired) electrons. The van der Waals surface area contributed by atoms with Crippen LogP contribution in [0.5, 0.6) is 0 Å². The van der Waals surface area contributed by atoms with Crippen LogP contribution in [0.3, 0.4) is 0 Å². The molecule has 2 atom stereocenters. The summed E-state index contributed by atoms with van der Waals surface area (Å²) in [5.74, 6) is 2.20. The van der Waals surface area contributed by atoms with Crippen LogP contribution in [0.25, 0.3) is 10.7 Å². The van der Waals surface area contributed by atoms with Crippen LogP contribution in [0.1, 0.15) is 38.6 Å². The van der Waals surface area contributed by atoms with Crippen molar-refractivity contribution in [1.29, 1.82) is 0 Å². The fraction of sp³-hybridized carbons (Fsp3) is 0.571. The van der Waals surface area contributed by atoms with E-state index in [2.05, 4.69) is 28.9 Å². The van der Waals surface area contributed by atoms with Crippen molar-refractivity contribution in [1.82, 2.24) is 15.0 Å². The molecule has 2 unspecified atom stereocenters. The minimum Gasteiger partial charge on any atom is -0.337 e. The highest BCUT2D eigenvalue weighted by Crippen LogP contribution is 2.28. The number of piperidine rings is 1. The fourth-order valence-electron chi connectivity index (χ4n) is 2.64. The van der Waals surface area contributed by atoms with E-state index >= 15 is 0 Å². The van der Waals surface area contributed by atoms with Crippen molar-refractivity contribution in [2.45, 2.75) is 32.7 Å². The zero-order chi connectivity index (χ0) is 13.2. The van der Waals surface area contributed by atoms with Crippen molar-refractivity contribution in [3.05, 3.63) is 23.4 Å². The van der Waals surface area contributed by atoms with Crippen LogP contribution < -0.4 is 0 Å². The molecule has 0 spiro atoms. The number of likely N-dealkylation sites (tertiary alicyclic amines) is 1. The molecule has 0 amide bonds. The Balaban J connectivity index is 1.75. The molecule has 0 saturated carbocycles. The van der Waals surface area contributed by atoms with Crippen LogP contribution >= 0.6 is 11.3 Å². The van der Waals surface area contributed by atoms with E-state index in [9.17, 15) is 0 Å². The van der Waals surface area contributed by atoms with Gasteiger partial charge in [-0.3, -0.25) is 4.90 Å². The van der Waals surface area contributed by atoms with Crippen molar-refractivity contribution < 1.29 is 4.52 Å². The monoisotopic (exact) mass is 277 g/mol. The third-order valence-corrected chi connectivity index (χ3v) is 4.64. The maximum Gasteiger partial charge on any atom is 0.244 e. The van der Waals surface area contributed by atoms with Gasteiger partial charge in [0.25, 0.3) is 0 Å². The van der Waals surface area contributed by atoms with Crippen LogP contribution in [-0.2, 0) is 0 Å². The summed E-state index contributed by atoms with van der Waals surface area (Å²) in [6.45, 7) is 6.72. The number of thiophene rings is 1. The SMILES string of the molecule is CC1CCCN(C(C)c2nc(-c3cccs3)no2)C1. The summed E-state index contributed by atoms with van der Waals surface area (Å²) < 4.78 is 5.44. The molecule has 5 heteroatoms. The Morgan fingerprint density at radius 2 is 2.42 bits per heavy atom. The molecule has 0 aromatic carbocycles. The Morgan fingerprint density at radius 3 is 3.16 bits per heavy atom. The minimum absolute atomic E-state index is 0.212. The zero-order valence-corrected chi connectivity index (χ0v) is 12.2. The molecule has 102 valence electrons. The van der Waals surface area contributed by atoms with Crippen molar-refractivity contribution in [3.63, 3.8) is 0 Å². The van der Waals surface area contributed by atoms with Crippen LogP contribution in [0, 0.1) is 5.92 Å². The normalized spacial score (nSPS) is 22.5. The average Bonchev–Trinajstić information content (AvgIpc) is 3.08. The number of hydrogen-bond donors (Lipinski definition) is 0. The lowest BCUT2D eigenvalue weighted by atomic mass is 9.99. The predicted octanol–water partition coefficient (Wildman–Crippen LogP) is 3.59. The van der Waals surface area contributed by atoms with Gasteiger partial charge in [0.2, 0.25) is 11.7 Å². The van der Waals surface area contributed by atoms with Gasteiger partial charge in [-0.25, -0.2) is 0 Å². The molecule has 0 aliphatic carbocycles. The van der Waals surface area contributed by atoms with Gasteiger partial charge in [0.05, 0.1) is 10.9 Å². The summed E-state index contributed by atoms with van der Waals surface area (Å²) in [5, 5.41) is 6.12. The molecule has 1 saturated heterocycles. The number of rotatable bonds is 3. The van der Waals surface area contributed by atoms with E-state index in [-0.39, 0.29) is 6.04 Å². The maximum absolute atomic E-state index is 5.44. The molecular formula is C14H19N3OS. The quantitative estimate of drug-likeness (QED) is 0.859. The first-order chi connectivity index (χ1) is 9.24. The maximum atomic E-state index is 5.44. The smallest absolute Gasteiger partial charge is 0.244 e. The van der Waals surface area contributed by atoms with Crippen LogP contribution in [0.2, 0.25) is 0 Å². The highest BCUT2D eigenvalue weighted by atomic mass is 32.1. The standard InChI is InChI=1S/C14H19N3OS/c1-10-5-3-7-17(9-10)11(2)14-15-13(16-18-14)12-6-4-8-19-12/h4,6,8,10-11H,3,5,7,9H2,1-2H3. The Morgan fingerprint density at radius 1 is 1.53 bits per heavy atom. The van der Waals surface area contributed by atoms with E-state index in [1.807, 2.05) is 17.5 Å². The first kappa shape index (κ1) is 12.8. The number of hydrogen-bond acceptors (Lipinski definition) is 5. The molecule has 3 rings (SSSR count). The molecule has 4 nitrogen and oxygen atoms in total. The first-order valence-corrected chi connectivity index (χ1v) is 7.73. The number of nitrogens with zero attached hydrogens (tertiary/aromatic N) is 3. The second kappa shape index (κ2) is 5.43. The molecule has 19 heavy (non-hydrogen) atoms. The largest absolute Gasteiger partial charge is 0.337 e. The van der Waals surface area contributed by atoms with Gasteiger partial charge in [-0.05, 0) is 43.7 Å². The Kier molecular flexibility index (Phi) is 3.66. The third-order valence-electron chi connectivity index (χ3n) is 3.78. The average molecular weight is 277 g/mol. The highest BCUT2D eigenvalue weighted by Gasteiger charge is 2.26. The molecule has 2 aromatic rings. The lowest BCUT2D eigenvalue weighted by Gasteiger charge is -2.33.